The monoisotopic (exact) mass is 202 g/mol. The Hall–Kier alpha value is -1.65. The molecule has 0 atom stereocenters. The largest absolute Gasteiger partial charge is 0.494 e. The van der Waals surface area contributed by atoms with Crippen molar-refractivity contribution >= 4 is 5.97 Å². The normalized spacial score (nSPS) is 9.93. The average Bonchev–Trinajstić information content (AvgIpc) is 2.11. The third kappa shape index (κ3) is 1.99. The summed E-state index contributed by atoms with van der Waals surface area (Å²) >= 11 is 0. The van der Waals surface area contributed by atoms with Crippen molar-refractivity contribution in [3.05, 3.63) is 29.3 Å². The summed E-state index contributed by atoms with van der Waals surface area (Å²) in [5, 5.41) is 8.52. The molecule has 0 saturated carbocycles. The van der Waals surface area contributed by atoms with Gasteiger partial charge in [-0.05, 0) is 13.0 Å². The van der Waals surface area contributed by atoms with Gasteiger partial charge in [-0.25, -0.2) is 13.6 Å². The standard InChI is InChI=1S/C9H8F2O3/c1-2-14-5-3-6(9(12)13)8(11)7(10)4-5/h3-4H,2H2,1H3,(H,12,13). The highest BCUT2D eigenvalue weighted by molar-refractivity contribution is 5.88. The van der Waals surface area contributed by atoms with Gasteiger partial charge in [0.15, 0.2) is 11.6 Å². The van der Waals surface area contributed by atoms with E-state index in [1.54, 1.807) is 6.92 Å². The summed E-state index contributed by atoms with van der Waals surface area (Å²) in [4.78, 5) is 10.5. The number of aromatic carboxylic acids is 1. The maximum atomic E-state index is 12.9. The molecule has 0 amide bonds. The van der Waals surface area contributed by atoms with E-state index in [1.165, 1.54) is 0 Å². The molecule has 0 aliphatic rings. The molecular formula is C9H8F2O3. The molecule has 5 heteroatoms. The van der Waals surface area contributed by atoms with Crippen molar-refractivity contribution < 1.29 is 23.4 Å². The lowest BCUT2D eigenvalue weighted by molar-refractivity contribution is 0.0690. The Kier molecular flexibility index (Phi) is 3.01. The first-order valence-electron chi connectivity index (χ1n) is 3.91. The second kappa shape index (κ2) is 4.04. The van der Waals surface area contributed by atoms with Gasteiger partial charge in [-0.2, -0.15) is 0 Å². The van der Waals surface area contributed by atoms with Crippen molar-refractivity contribution in [3.63, 3.8) is 0 Å². The van der Waals surface area contributed by atoms with Crippen LogP contribution in [-0.2, 0) is 0 Å². The zero-order valence-electron chi connectivity index (χ0n) is 7.38. The molecule has 0 radical (unpaired) electrons. The van der Waals surface area contributed by atoms with E-state index in [2.05, 4.69) is 0 Å². The Balaban J connectivity index is 3.21. The van der Waals surface area contributed by atoms with Crippen molar-refractivity contribution in [3.8, 4) is 5.75 Å². The molecule has 1 rings (SSSR count). The molecule has 1 aromatic rings. The van der Waals surface area contributed by atoms with Crippen LogP contribution >= 0.6 is 0 Å². The van der Waals surface area contributed by atoms with Crippen LogP contribution in [0.3, 0.4) is 0 Å². The second-order valence-electron chi connectivity index (χ2n) is 2.50. The maximum Gasteiger partial charge on any atom is 0.338 e. The number of halogens is 2. The molecule has 0 unspecified atom stereocenters. The predicted octanol–water partition coefficient (Wildman–Crippen LogP) is 2.06. The van der Waals surface area contributed by atoms with Gasteiger partial charge in [0, 0.05) is 6.07 Å². The topological polar surface area (TPSA) is 46.5 Å². The Morgan fingerprint density at radius 3 is 2.64 bits per heavy atom. The van der Waals surface area contributed by atoms with Crippen LogP contribution in [0.25, 0.3) is 0 Å². The second-order valence-corrected chi connectivity index (χ2v) is 2.50. The predicted molar refractivity (Wildman–Crippen MR) is 44.5 cm³/mol. The molecule has 0 fully saturated rings. The van der Waals surface area contributed by atoms with E-state index in [9.17, 15) is 13.6 Å². The quantitative estimate of drug-likeness (QED) is 0.815. The van der Waals surface area contributed by atoms with Gasteiger partial charge in [0.1, 0.15) is 11.3 Å². The number of carboxylic acid groups (broad SMARTS) is 1. The van der Waals surface area contributed by atoms with Gasteiger partial charge in [-0.3, -0.25) is 0 Å². The minimum Gasteiger partial charge on any atom is -0.494 e. The van der Waals surface area contributed by atoms with Gasteiger partial charge in [0.2, 0.25) is 0 Å². The minimum atomic E-state index is -1.53. The molecule has 0 heterocycles. The Bertz CT molecular complexity index is 363. The lowest BCUT2D eigenvalue weighted by atomic mass is 10.2. The minimum absolute atomic E-state index is 0.00352. The Morgan fingerprint density at radius 2 is 2.14 bits per heavy atom. The zero-order chi connectivity index (χ0) is 10.7. The summed E-state index contributed by atoms with van der Waals surface area (Å²) in [7, 11) is 0. The number of hydrogen-bond acceptors (Lipinski definition) is 2. The lowest BCUT2D eigenvalue weighted by Gasteiger charge is -2.05. The van der Waals surface area contributed by atoms with Gasteiger partial charge in [0.05, 0.1) is 6.61 Å². The van der Waals surface area contributed by atoms with Gasteiger partial charge in [-0.15, -0.1) is 0 Å². The molecule has 14 heavy (non-hydrogen) atoms. The first-order chi connectivity index (χ1) is 6.56. The fraction of sp³-hybridized carbons (Fsp3) is 0.222. The molecule has 0 aromatic heterocycles. The van der Waals surface area contributed by atoms with E-state index in [-0.39, 0.29) is 12.4 Å². The Morgan fingerprint density at radius 1 is 1.50 bits per heavy atom. The number of ether oxygens (including phenoxy) is 1. The van der Waals surface area contributed by atoms with E-state index >= 15 is 0 Å². The molecule has 76 valence electrons. The van der Waals surface area contributed by atoms with Crippen LogP contribution in [-0.4, -0.2) is 17.7 Å². The van der Waals surface area contributed by atoms with E-state index in [1.807, 2.05) is 0 Å². The molecule has 0 bridgehead atoms. The highest BCUT2D eigenvalue weighted by Crippen LogP contribution is 2.20. The third-order valence-electron chi connectivity index (χ3n) is 1.54. The summed E-state index contributed by atoms with van der Waals surface area (Å²) < 4.78 is 30.5. The van der Waals surface area contributed by atoms with Crippen LogP contribution in [0.5, 0.6) is 5.75 Å². The average molecular weight is 202 g/mol. The highest BCUT2D eigenvalue weighted by atomic mass is 19.2. The molecule has 0 saturated heterocycles. The molecule has 0 aliphatic carbocycles. The molecule has 0 aliphatic heterocycles. The molecular weight excluding hydrogens is 194 g/mol. The van der Waals surface area contributed by atoms with Crippen molar-refractivity contribution in [1.29, 1.82) is 0 Å². The van der Waals surface area contributed by atoms with Crippen molar-refractivity contribution in [1.82, 2.24) is 0 Å². The number of rotatable bonds is 3. The zero-order valence-corrected chi connectivity index (χ0v) is 7.38. The molecule has 3 nitrogen and oxygen atoms in total. The molecule has 1 aromatic carbocycles. The van der Waals surface area contributed by atoms with Crippen LogP contribution in [0.1, 0.15) is 17.3 Å². The fourth-order valence-electron chi connectivity index (χ4n) is 0.970. The van der Waals surface area contributed by atoms with Crippen LogP contribution in [0.4, 0.5) is 8.78 Å². The maximum absolute atomic E-state index is 12.9. The molecule has 1 N–H and O–H groups in total. The smallest absolute Gasteiger partial charge is 0.338 e. The first-order valence-corrected chi connectivity index (χ1v) is 3.91. The van der Waals surface area contributed by atoms with Gasteiger partial charge < -0.3 is 9.84 Å². The number of carbonyl (C=O) groups is 1. The third-order valence-corrected chi connectivity index (χ3v) is 1.54. The van der Waals surface area contributed by atoms with Crippen molar-refractivity contribution in [2.24, 2.45) is 0 Å². The summed E-state index contributed by atoms with van der Waals surface area (Å²) in [6.07, 6.45) is 0. The van der Waals surface area contributed by atoms with Crippen LogP contribution in [0.15, 0.2) is 12.1 Å². The summed E-state index contributed by atoms with van der Waals surface area (Å²) in [5.41, 5.74) is -0.728. The van der Waals surface area contributed by atoms with E-state index < -0.39 is 23.2 Å². The van der Waals surface area contributed by atoms with Gasteiger partial charge >= 0.3 is 5.97 Å². The van der Waals surface area contributed by atoms with Crippen molar-refractivity contribution in [2.75, 3.05) is 6.61 Å². The van der Waals surface area contributed by atoms with Gasteiger partial charge in [-0.1, -0.05) is 0 Å². The van der Waals surface area contributed by atoms with Crippen LogP contribution in [0.2, 0.25) is 0 Å². The fourth-order valence-corrected chi connectivity index (χ4v) is 0.970. The number of benzene rings is 1. The van der Waals surface area contributed by atoms with E-state index in [0.717, 1.165) is 12.1 Å². The summed E-state index contributed by atoms with van der Waals surface area (Å²) in [5.74, 6) is -4.12. The number of carboxylic acids is 1. The van der Waals surface area contributed by atoms with E-state index in [4.69, 9.17) is 9.84 Å². The van der Waals surface area contributed by atoms with Crippen LogP contribution < -0.4 is 4.74 Å². The summed E-state index contributed by atoms with van der Waals surface area (Å²) in [6, 6.07) is 1.76. The van der Waals surface area contributed by atoms with Gasteiger partial charge in [0.25, 0.3) is 0 Å². The first kappa shape index (κ1) is 10.4. The summed E-state index contributed by atoms with van der Waals surface area (Å²) in [6.45, 7) is 1.91. The lowest BCUT2D eigenvalue weighted by Crippen LogP contribution is -2.04. The Labute approximate surface area is 78.9 Å². The van der Waals surface area contributed by atoms with Crippen LogP contribution in [0, 0.1) is 11.6 Å². The van der Waals surface area contributed by atoms with Crippen molar-refractivity contribution in [2.45, 2.75) is 6.92 Å². The van der Waals surface area contributed by atoms with E-state index in [0.29, 0.717) is 0 Å². The molecule has 0 spiro atoms. The highest BCUT2D eigenvalue weighted by Gasteiger charge is 2.16. The number of hydrogen-bond donors (Lipinski definition) is 1. The SMILES string of the molecule is CCOc1cc(F)c(F)c(C(=O)O)c1.